The first kappa shape index (κ1) is 25.6. The van der Waals surface area contributed by atoms with Crippen LogP contribution >= 0.6 is 0 Å². The molecule has 0 spiro atoms. The lowest BCUT2D eigenvalue weighted by Gasteiger charge is -2.29. The van der Waals surface area contributed by atoms with Crippen LogP contribution in [0.15, 0.2) is 79.1 Å². The van der Waals surface area contributed by atoms with Gasteiger partial charge in [-0.25, -0.2) is 4.98 Å². The molecule has 40 heavy (non-hydrogen) atoms. The molecule has 5 aromatic rings. The number of halogens is 3. The second kappa shape index (κ2) is 10.2. The van der Waals surface area contributed by atoms with Crippen LogP contribution in [0.3, 0.4) is 0 Å². The fourth-order valence-corrected chi connectivity index (χ4v) is 4.95. The summed E-state index contributed by atoms with van der Waals surface area (Å²) < 4.78 is 44.6. The summed E-state index contributed by atoms with van der Waals surface area (Å²) in [6.07, 6.45) is -1.19. The molecule has 0 atom stereocenters. The lowest BCUT2D eigenvalue weighted by Crippen LogP contribution is -2.43. The first-order valence-electron chi connectivity index (χ1n) is 12.8. The van der Waals surface area contributed by atoms with Crippen molar-refractivity contribution in [1.82, 2.24) is 24.5 Å². The van der Waals surface area contributed by atoms with E-state index in [1.54, 1.807) is 17.6 Å². The molecule has 6 rings (SSSR count). The summed E-state index contributed by atoms with van der Waals surface area (Å²) in [5, 5.41) is 10.4. The smallest absolute Gasteiger partial charge is 0.369 e. The Labute approximate surface area is 228 Å². The number of rotatable bonds is 5. The first-order chi connectivity index (χ1) is 19.3. The van der Waals surface area contributed by atoms with E-state index in [1.807, 2.05) is 48.7 Å². The molecule has 2 aromatic carbocycles. The number of aromatic nitrogens is 4. The van der Waals surface area contributed by atoms with E-state index in [4.69, 9.17) is 4.98 Å². The minimum Gasteiger partial charge on any atom is -0.369 e. The van der Waals surface area contributed by atoms with Crippen molar-refractivity contribution in [1.29, 1.82) is 0 Å². The van der Waals surface area contributed by atoms with Crippen LogP contribution in [0.4, 0.5) is 24.7 Å². The minimum absolute atomic E-state index is 0.0695. The van der Waals surface area contributed by atoms with Gasteiger partial charge in [-0.15, -0.1) is 0 Å². The number of nitrogens with one attached hydrogen (secondary N) is 2. The van der Waals surface area contributed by atoms with Gasteiger partial charge >= 0.3 is 6.18 Å². The number of carbonyl (C=O) groups excluding carboxylic acids is 1. The molecule has 1 aliphatic heterocycles. The fraction of sp³-hybridized carbons (Fsp3) is 0.207. The number of hydrogen-bond acceptors (Lipinski definition) is 5. The topological polar surface area (TPSA) is 79.5 Å². The SMILES string of the molecule is Cn1ccc(-c2cc(C(=O)Nc3c(-c4ccccc4)nc4cc(N5CCNCC5)ccn34)ccc2C(F)(F)F)n1. The van der Waals surface area contributed by atoms with E-state index in [0.29, 0.717) is 17.2 Å². The van der Waals surface area contributed by atoms with Gasteiger partial charge in [-0.05, 0) is 30.3 Å². The monoisotopic (exact) mass is 545 g/mol. The van der Waals surface area contributed by atoms with Gasteiger partial charge in [-0.3, -0.25) is 13.9 Å². The largest absolute Gasteiger partial charge is 0.417 e. The Kier molecular flexibility index (Phi) is 6.51. The van der Waals surface area contributed by atoms with Crippen molar-refractivity contribution in [3.63, 3.8) is 0 Å². The number of amides is 1. The highest BCUT2D eigenvalue weighted by atomic mass is 19.4. The summed E-state index contributed by atoms with van der Waals surface area (Å²) in [5.74, 6) is -0.131. The fourth-order valence-electron chi connectivity index (χ4n) is 4.95. The van der Waals surface area contributed by atoms with Crippen molar-refractivity contribution < 1.29 is 18.0 Å². The molecule has 1 saturated heterocycles. The molecule has 11 heteroatoms. The molecule has 8 nitrogen and oxygen atoms in total. The van der Waals surface area contributed by atoms with Crippen LogP contribution < -0.4 is 15.5 Å². The van der Waals surface area contributed by atoms with Crippen LogP contribution in [0, 0.1) is 0 Å². The summed E-state index contributed by atoms with van der Waals surface area (Å²) in [6, 6.07) is 18.2. The first-order valence-corrected chi connectivity index (χ1v) is 12.8. The molecule has 2 N–H and O–H groups in total. The number of hydrogen-bond donors (Lipinski definition) is 2. The molecule has 0 bridgehead atoms. The molecule has 1 fully saturated rings. The molecule has 1 aliphatic rings. The summed E-state index contributed by atoms with van der Waals surface area (Å²) in [6.45, 7) is 3.53. The predicted molar refractivity (Wildman–Crippen MR) is 147 cm³/mol. The Morgan fingerprint density at radius 1 is 0.975 bits per heavy atom. The quantitative estimate of drug-likeness (QED) is 0.322. The molecule has 0 unspecified atom stereocenters. The van der Waals surface area contributed by atoms with Crippen molar-refractivity contribution in [2.45, 2.75) is 6.18 Å². The molecule has 0 saturated carbocycles. The van der Waals surface area contributed by atoms with Gasteiger partial charge in [0.15, 0.2) is 0 Å². The molecule has 4 heterocycles. The molecule has 0 aliphatic carbocycles. The molecule has 204 valence electrons. The van der Waals surface area contributed by atoms with E-state index in [9.17, 15) is 18.0 Å². The van der Waals surface area contributed by atoms with Gasteiger partial charge < -0.3 is 15.5 Å². The third-order valence-corrected chi connectivity index (χ3v) is 6.95. The Hall–Kier alpha value is -4.64. The standard InChI is InChI=1S/C29H26F3N7O/c1-37-13-10-24(36-37)22-17-20(7-8-23(22)29(30,31)32)28(40)35-27-26(19-5-3-2-4-6-19)34-25-18-21(9-14-39(25)27)38-15-11-33-12-16-38/h2-10,13-14,17-18,33H,11-12,15-16H2,1H3,(H,35,40). The number of aryl methyl sites for hydroxylation is 1. The maximum Gasteiger partial charge on any atom is 0.417 e. The highest BCUT2D eigenvalue weighted by Gasteiger charge is 2.35. The van der Waals surface area contributed by atoms with E-state index in [2.05, 4.69) is 20.6 Å². The summed E-state index contributed by atoms with van der Waals surface area (Å²) in [5.41, 5.74) is 2.21. The van der Waals surface area contributed by atoms with Crippen LogP contribution in [-0.4, -0.2) is 51.3 Å². The number of fused-ring (bicyclic) bond motifs is 1. The third-order valence-electron chi connectivity index (χ3n) is 6.95. The average molecular weight is 546 g/mol. The van der Waals surface area contributed by atoms with Gasteiger partial charge in [0.2, 0.25) is 0 Å². The van der Waals surface area contributed by atoms with E-state index >= 15 is 0 Å². The van der Waals surface area contributed by atoms with Crippen molar-refractivity contribution in [2.24, 2.45) is 7.05 Å². The lowest BCUT2D eigenvalue weighted by molar-refractivity contribution is -0.137. The summed E-state index contributed by atoms with van der Waals surface area (Å²) in [4.78, 5) is 20.6. The number of anilines is 2. The van der Waals surface area contributed by atoms with E-state index in [-0.39, 0.29) is 16.8 Å². The van der Waals surface area contributed by atoms with Crippen LogP contribution in [0.25, 0.3) is 28.2 Å². The predicted octanol–water partition coefficient (Wildman–Crippen LogP) is 5.08. The Morgan fingerprint density at radius 2 is 1.75 bits per heavy atom. The zero-order valence-electron chi connectivity index (χ0n) is 21.6. The average Bonchev–Trinajstić information content (AvgIpc) is 3.56. The lowest BCUT2D eigenvalue weighted by atomic mass is 10.0. The normalized spacial score (nSPS) is 14.1. The molecule has 0 radical (unpaired) electrons. The highest BCUT2D eigenvalue weighted by molar-refractivity contribution is 6.06. The summed E-state index contributed by atoms with van der Waals surface area (Å²) >= 11 is 0. The number of piperazine rings is 1. The zero-order chi connectivity index (χ0) is 27.9. The van der Waals surface area contributed by atoms with Crippen LogP contribution in [0.5, 0.6) is 0 Å². The molecular formula is C29H26F3N7O. The number of imidazole rings is 1. The van der Waals surface area contributed by atoms with Crippen LogP contribution in [-0.2, 0) is 13.2 Å². The van der Waals surface area contributed by atoms with Gasteiger partial charge in [-0.2, -0.15) is 18.3 Å². The second-order valence-electron chi connectivity index (χ2n) is 9.61. The summed E-state index contributed by atoms with van der Waals surface area (Å²) in [7, 11) is 1.62. The molecular weight excluding hydrogens is 519 g/mol. The maximum atomic E-state index is 13.8. The van der Waals surface area contributed by atoms with Gasteiger partial charge in [0.25, 0.3) is 5.91 Å². The highest BCUT2D eigenvalue weighted by Crippen LogP contribution is 2.37. The second-order valence-corrected chi connectivity index (χ2v) is 9.61. The van der Waals surface area contributed by atoms with Crippen molar-refractivity contribution in [2.75, 3.05) is 36.4 Å². The van der Waals surface area contributed by atoms with Crippen LogP contribution in [0.2, 0.25) is 0 Å². The number of nitrogens with zero attached hydrogens (tertiary/aromatic N) is 5. The van der Waals surface area contributed by atoms with E-state index in [1.165, 1.54) is 22.9 Å². The Bertz CT molecular complexity index is 1690. The number of pyridine rings is 1. The van der Waals surface area contributed by atoms with E-state index < -0.39 is 17.6 Å². The number of alkyl halides is 3. The van der Waals surface area contributed by atoms with Crippen LogP contribution in [0.1, 0.15) is 15.9 Å². The minimum atomic E-state index is -4.61. The van der Waals surface area contributed by atoms with Gasteiger partial charge in [0.1, 0.15) is 17.2 Å². The Balaban J connectivity index is 1.41. The van der Waals surface area contributed by atoms with Crippen molar-refractivity contribution in [3.05, 3.63) is 90.3 Å². The number of benzene rings is 2. The van der Waals surface area contributed by atoms with Crippen molar-refractivity contribution >= 4 is 23.1 Å². The number of carbonyl (C=O) groups is 1. The Morgan fingerprint density at radius 3 is 2.45 bits per heavy atom. The molecule has 3 aromatic heterocycles. The van der Waals surface area contributed by atoms with Gasteiger partial charge in [-0.1, -0.05) is 30.3 Å². The third kappa shape index (κ3) is 4.91. The maximum absolute atomic E-state index is 13.8. The van der Waals surface area contributed by atoms with Crippen molar-refractivity contribution in [3.8, 4) is 22.5 Å². The van der Waals surface area contributed by atoms with Gasteiger partial charge in [0, 0.05) is 74.1 Å². The van der Waals surface area contributed by atoms with E-state index in [0.717, 1.165) is 43.5 Å². The molecule has 1 amide bonds. The van der Waals surface area contributed by atoms with Gasteiger partial charge in [0.05, 0.1) is 11.3 Å². The zero-order valence-corrected chi connectivity index (χ0v) is 21.6.